The Morgan fingerprint density at radius 1 is 1.37 bits per heavy atom. The molecule has 0 saturated heterocycles. The van der Waals surface area contributed by atoms with Crippen molar-refractivity contribution in [1.82, 2.24) is 9.80 Å². The van der Waals surface area contributed by atoms with E-state index in [4.69, 9.17) is 11.5 Å². The number of carboxylic acids is 1. The van der Waals surface area contributed by atoms with Gasteiger partial charge in [-0.3, -0.25) is 4.79 Å². The number of unbranched alkanes of at least 4 members (excludes halogenated alkanes) is 1. The van der Waals surface area contributed by atoms with Crippen LogP contribution in [0.3, 0.4) is 0 Å². The monoisotopic (exact) mass is 268 g/mol. The normalized spacial score (nSPS) is 11.5. The summed E-state index contributed by atoms with van der Waals surface area (Å²) in [7, 11) is 0. The molecule has 0 fully saturated rings. The lowest BCUT2D eigenvalue weighted by atomic mass is 10.2. The van der Waals surface area contributed by atoms with Crippen molar-refractivity contribution >= 4 is 12.0 Å². The number of carbonyl (C=O) groups excluding carboxylic acids is 1. The molecule has 0 radical (unpaired) electrons. The van der Waals surface area contributed by atoms with Gasteiger partial charge in [-0.2, -0.15) is 0 Å². The Balaban J connectivity index is 4.89. The van der Waals surface area contributed by atoms with Gasteiger partial charge in [-0.15, -0.1) is 6.42 Å². The molecule has 1 N–H and O–H groups in total. The molecule has 5 nitrogen and oxygen atoms in total. The maximum absolute atomic E-state index is 12.4. The third-order valence-corrected chi connectivity index (χ3v) is 3.00. The van der Waals surface area contributed by atoms with Crippen molar-refractivity contribution in [3.63, 3.8) is 0 Å². The minimum absolute atomic E-state index is 0.0180. The zero-order chi connectivity index (χ0) is 14.8. The van der Waals surface area contributed by atoms with Crippen molar-refractivity contribution in [1.29, 1.82) is 0 Å². The Hall–Kier alpha value is -1.70. The number of rotatable bonds is 8. The van der Waals surface area contributed by atoms with Gasteiger partial charge in [-0.1, -0.05) is 26.2 Å². The first kappa shape index (κ1) is 17.3. The number of nitrogens with zero attached hydrogens (tertiary/aromatic N) is 2. The molecule has 19 heavy (non-hydrogen) atoms. The Morgan fingerprint density at radius 2 is 2.00 bits per heavy atom. The number of amides is 2. The highest BCUT2D eigenvalue weighted by atomic mass is 16.4. The van der Waals surface area contributed by atoms with E-state index in [2.05, 4.69) is 12.8 Å². The van der Waals surface area contributed by atoms with Crippen molar-refractivity contribution in [2.24, 2.45) is 0 Å². The number of hydrogen-bond acceptors (Lipinski definition) is 2. The molecule has 1 atom stereocenters. The van der Waals surface area contributed by atoms with E-state index in [0.717, 1.165) is 19.3 Å². The van der Waals surface area contributed by atoms with Crippen LogP contribution in [0, 0.1) is 12.3 Å². The highest BCUT2D eigenvalue weighted by molar-refractivity contribution is 5.80. The average molecular weight is 268 g/mol. The van der Waals surface area contributed by atoms with Crippen molar-refractivity contribution in [2.45, 2.75) is 46.1 Å². The average Bonchev–Trinajstić information content (AvgIpc) is 2.37. The largest absolute Gasteiger partial charge is 0.480 e. The Morgan fingerprint density at radius 3 is 2.42 bits per heavy atom. The predicted octanol–water partition coefficient (Wildman–Crippen LogP) is 2.03. The molecule has 1 unspecified atom stereocenters. The number of terminal acetylenes is 1. The third-order valence-electron chi connectivity index (χ3n) is 3.00. The summed E-state index contributed by atoms with van der Waals surface area (Å²) in [5, 5.41) is 8.83. The molecule has 0 saturated carbocycles. The van der Waals surface area contributed by atoms with Crippen LogP contribution in [0.15, 0.2) is 0 Å². The van der Waals surface area contributed by atoms with Gasteiger partial charge in [0.15, 0.2) is 0 Å². The van der Waals surface area contributed by atoms with E-state index in [-0.39, 0.29) is 25.2 Å². The number of carboxylic acid groups (broad SMARTS) is 1. The summed E-state index contributed by atoms with van der Waals surface area (Å²) in [6.07, 6.45) is 7.90. The Labute approximate surface area is 115 Å². The molecule has 0 aromatic heterocycles. The van der Waals surface area contributed by atoms with Crippen molar-refractivity contribution in [3.05, 3.63) is 0 Å². The summed E-state index contributed by atoms with van der Waals surface area (Å²) in [4.78, 5) is 26.1. The van der Waals surface area contributed by atoms with Crippen LogP contribution in [0.2, 0.25) is 0 Å². The van der Waals surface area contributed by atoms with Crippen molar-refractivity contribution in [2.75, 3.05) is 19.6 Å². The lowest BCUT2D eigenvalue weighted by Crippen LogP contribution is -2.49. The summed E-state index contributed by atoms with van der Waals surface area (Å²) < 4.78 is 0. The predicted molar refractivity (Wildman–Crippen MR) is 74.8 cm³/mol. The van der Waals surface area contributed by atoms with E-state index in [1.165, 1.54) is 4.90 Å². The standard InChI is InChI=1S/C14H24N2O3/c1-5-8-10-16(12(4)7-3)14(19)15(9-6-2)11-13(17)18/h2,12H,5,7-11H2,1,3-4H3,(H,17,18). The van der Waals surface area contributed by atoms with Gasteiger partial charge in [0, 0.05) is 12.6 Å². The van der Waals surface area contributed by atoms with E-state index in [0.29, 0.717) is 6.54 Å². The van der Waals surface area contributed by atoms with E-state index >= 15 is 0 Å². The fourth-order valence-electron chi connectivity index (χ4n) is 1.70. The maximum Gasteiger partial charge on any atom is 0.323 e. The summed E-state index contributed by atoms with van der Waals surface area (Å²) in [6, 6.07) is -0.212. The van der Waals surface area contributed by atoms with E-state index in [1.807, 2.05) is 13.8 Å². The molecule has 0 heterocycles. The van der Waals surface area contributed by atoms with Crippen molar-refractivity contribution < 1.29 is 14.7 Å². The van der Waals surface area contributed by atoms with E-state index < -0.39 is 5.97 Å². The summed E-state index contributed by atoms with van der Waals surface area (Å²) in [6.45, 7) is 6.30. The molecule has 0 aromatic rings. The molecular weight excluding hydrogens is 244 g/mol. The van der Waals surface area contributed by atoms with Gasteiger partial charge in [0.2, 0.25) is 0 Å². The molecule has 5 heteroatoms. The van der Waals surface area contributed by atoms with Gasteiger partial charge in [0.1, 0.15) is 6.54 Å². The molecule has 0 bridgehead atoms. The minimum atomic E-state index is -1.05. The molecule has 0 aromatic carbocycles. The summed E-state index contributed by atoms with van der Waals surface area (Å²) >= 11 is 0. The van der Waals surface area contributed by atoms with E-state index in [9.17, 15) is 9.59 Å². The zero-order valence-electron chi connectivity index (χ0n) is 12.1. The number of aliphatic carboxylic acids is 1. The van der Waals surface area contributed by atoms with Crippen LogP contribution in [0.1, 0.15) is 40.0 Å². The molecule has 0 aliphatic heterocycles. The minimum Gasteiger partial charge on any atom is -0.480 e. The third kappa shape index (κ3) is 6.14. The van der Waals surface area contributed by atoms with Crippen LogP contribution in [0.25, 0.3) is 0 Å². The first-order valence-electron chi connectivity index (χ1n) is 6.68. The number of carbonyl (C=O) groups is 2. The van der Waals surface area contributed by atoms with Crippen LogP contribution < -0.4 is 0 Å². The van der Waals surface area contributed by atoms with Crippen LogP contribution in [-0.2, 0) is 4.79 Å². The SMILES string of the molecule is C#CCN(CC(=O)O)C(=O)N(CCCC)C(C)CC. The highest BCUT2D eigenvalue weighted by Gasteiger charge is 2.24. The Bertz CT molecular complexity index is 336. The molecule has 0 aliphatic carbocycles. The molecule has 2 amide bonds. The first-order chi connectivity index (χ1) is 8.97. The molecule has 108 valence electrons. The van der Waals surface area contributed by atoms with Crippen molar-refractivity contribution in [3.8, 4) is 12.3 Å². The second-order valence-corrected chi connectivity index (χ2v) is 4.54. The molecule has 0 spiro atoms. The first-order valence-corrected chi connectivity index (χ1v) is 6.68. The fraction of sp³-hybridized carbons (Fsp3) is 0.714. The van der Waals surface area contributed by atoms with Crippen LogP contribution >= 0.6 is 0 Å². The van der Waals surface area contributed by atoms with Gasteiger partial charge in [-0.25, -0.2) is 4.79 Å². The van der Waals surface area contributed by atoms with E-state index in [1.54, 1.807) is 4.90 Å². The van der Waals surface area contributed by atoms with Crippen LogP contribution in [0.5, 0.6) is 0 Å². The van der Waals surface area contributed by atoms with Gasteiger partial charge in [0.05, 0.1) is 6.54 Å². The maximum atomic E-state index is 12.4. The lowest BCUT2D eigenvalue weighted by molar-refractivity contribution is -0.137. The smallest absolute Gasteiger partial charge is 0.323 e. The van der Waals surface area contributed by atoms with Gasteiger partial charge < -0.3 is 14.9 Å². The fourth-order valence-corrected chi connectivity index (χ4v) is 1.70. The topological polar surface area (TPSA) is 60.9 Å². The molecular formula is C14H24N2O3. The number of urea groups is 1. The second-order valence-electron chi connectivity index (χ2n) is 4.54. The molecule has 0 rings (SSSR count). The second kappa shape index (κ2) is 9.26. The lowest BCUT2D eigenvalue weighted by Gasteiger charge is -2.33. The van der Waals surface area contributed by atoms with Gasteiger partial charge >= 0.3 is 12.0 Å². The Kier molecular flexibility index (Phi) is 8.43. The zero-order valence-corrected chi connectivity index (χ0v) is 12.1. The number of hydrogen-bond donors (Lipinski definition) is 1. The summed E-state index contributed by atoms with van der Waals surface area (Å²) in [5.74, 6) is 1.28. The highest BCUT2D eigenvalue weighted by Crippen LogP contribution is 2.10. The molecule has 0 aliphatic rings. The van der Waals surface area contributed by atoms with Crippen LogP contribution in [-0.4, -0.2) is 52.6 Å². The van der Waals surface area contributed by atoms with Gasteiger partial charge in [-0.05, 0) is 19.8 Å². The van der Waals surface area contributed by atoms with Crippen LogP contribution in [0.4, 0.5) is 4.79 Å². The quantitative estimate of drug-likeness (QED) is 0.685. The van der Waals surface area contributed by atoms with Gasteiger partial charge in [0.25, 0.3) is 0 Å². The summed E-state index contributed by atoms with van der Waals surface area (Å²) in [5.41, 5.74) is 0.